The molecule has 13 heavy (non-hydrogen) atoms. The van der Waals surface area contributed by atoms with Crippen molar-refractivity contribution in [2.75, 3.05) is 7.11 Å². The van der Waals surface area contributed by atoms with E-state index < -0.39 is 6.10 Å². The second kappa shape index (κ2) is 3.98. The first-order valence-electron chi connectivity index (χ1n) is 3.80. The van der Waals surface area contributed by atoms with E-state index >= 15 is 0 Å². The fourth-order valence-corrected chi connectivity index (χ4v) is 1.70. The number of hydrogen-bond acceptors (Lipinski definition) is 3. The molecule has 0 aromatic heterocycles. The van der Waals surface area contributed by atoms with Crippen LogP contribution in [-0.4, -0.2) is 17.3 Å². The smallest absolute Gasteiger partial charge is 0.160 e. The van der Waals surface area contributed by atoms with Crippen molar-refractivity contribution >= 4 is 15.9 Å². The summed E-state index contributed by atoms with van der Waals surface area (Å²) in [6.07, 6.45) is -0.594. The lowest BCUT2D eigenvalue weighted by Gasteiger charge is -2.10. The minimum atomic E-state index is -0.594. The zero-order valence-corrected chi connectivity index (χ0v) is 9.00. The van der Waals surface area contributed by atoms with Gasteiger partial charge in [0.05, 0.1) is 13.2 Å². The Bertz CT molecular complexity index is 310. The van der Waals surface area contributed by atoms with E-state index in [1.54, 1.807) is 13.0 Å². The number of methoxy groups -OCH3 is 1. The Morgan fingerprint density at radius 1 is 1.46 bits per heavy atom. The Hall–Kier alpha value is -0.740. The van der Waals surface area contributed by atoms with Crippen LogP contribution in [-0.2, 0) is 0 Å². The first-order chi connectivity index (χ1) is 6.06. The van der Waals surface area contributed by atoms with Crippen LogP contribution in [0.4, 0.5) is 0 Å². The number of aliphatic hydroxyl groups is 1. The van der Waals surface area contributed by atoms with E-state index in [4.69, 9.17) is 4.74 Å². The van der Waals surface area contributed by atoms with Gasteiger partial charge in [-0.1, -0.05) is 15.9 Å². The number of phenolic OH excluding ortho intramolecular Hbond substituents is 1. The van der Waals surface area contributed by atoms with Crippen LogP contribution in [0.25, 0.3) is 0 Å². The number of hydrogen-bond donors (Lipinski definition) is 2. The maximum Gasteiger partial charge on any atom is 0.160 e. The highest BCUT2D eigenvalue weighted by Crippen LogP contribution is 2.34. The average molecular weight is 247 g/mol. The third kappa shape index (κ3) is 2.14. The van der Waals surface area contributed by atoms with Crippen LogP contribution < -0.4 is 4.74 Å². The summed E-state index contributed by atoms with van der Waals surface area (Å²) in [5.74, 6) is 0.415. The second-order valence-corrected chi connectivity index (χ2v) is 3.58. The molecule has 0 aliphatic carbocycles. The minimum Gasteiger partial charge on any atom is -0.504 e. The van der Waals surface area contributed by atoms with Crippen LogP contribution >= 0.6 is 15.9 Å². The van der Waals surface area contributed by atoms with Crippen molar-refractivity contribution in [2.24, 2.45) is 0 Å². The van der Waals surface area contributed by atoms with Gasteiger partial charge in [-0.2, -0.15) is 0 Å². The highest BCUT2D eigenvalue weighted by atomic mass is 79.9. The molecular weight excluding hydrogens is 236 g/mol. The van der Waals surface area contributed by atoms with Crippen molar-refractivity contribution in [1.82, 2.24) is 0 Å². The number of benzene rings is 1. The molecule has 0 amide bonds. The predicted octanol–water partition coefficient (Wildman–Crippen LogP) is 2.22. The van der Waals surface area contributed by atoms with Crippen LogP contribution in [0.5, 0.6) is 11.5 Å². The van der Waals surface area contributed by atoms with Crippen molar-refractivity contribution in [2.45, 2.75) is 13.0 Å². The summed E-state index contributed by atoms with van der Waals surface area (Å²) in [4.78, 5) is 0. The molecule has 3 nitrogen and oxygen atoms in total. The van der Waals surface area contributed by atoms with Gasteiger partial charge in [0, 0.05) is 4.47 Å². The molecule has 0 aliphatic heterocycles. The molecule has 1 aromatic rings. The third-order valence-corrected chi connectivity index (χ3v) is 2.44. The third-order valence-electron chi connectivity index (χ3n) is 1.75. The Morgan fingerprint density at radius 3 is 2.54 bits per heavy atom. The molecule has 4 heteroatoms. The van der Waals surface area contributed by atoms with Crippen LogP contribution in [0.3, 0.4) is 0 Å². The number of phenols is 1. The van der Waals surface area contributed by atoms with Crippen LogP contribution in [0.1, 0.15) is 18.6 Å². The quantitative estimate of drug-likeness (QED) is 0.842. The molecule has 0 radical (unpaired) electrons. The maximum absolute atomic E-state index is 9.36. The zero-order chi connectivity index (χ0) is 10.0. The Morgan fingerprint density at radius 2 is 2.08 bits per heavy atom. The standard InChI is InChI=1S/C9H11BrO3/c1-5(11)6-3-9(13-2)8(12)4-7(6)10/h3-5,11-12H,1-2H3/t5-/m0/s1. The summed E-state index contributed by atoms with van der Waals surface area (Å²) in [5, 5.41) is 18.7. The average Bonchev–Trinajstić information content (AvgIpc) is 2.03. The number of rotatable bonds is 2. The summed E-state index contributed by atoms with van der Waals surface area (Å²) in [5.41, 5.74) is 0.689. The molecule has 2 N–H and O–H groups in total. The zero-order valence-electron chi connectivity index (χ0n) is 7.41. The van der Waals surface area contributed by atoms with Gasteiger partial charge in [-0.15, -0.1) is 0 Å². The van der Waals surface area contributed by atoms with E-state index in [0.717, 1.165) is 0 Å². The molecule has 1 aromatic carbocycles. The largest absolute Gasteiger partial charge is 0.504 e. The van der Waals surface area contributed by atoms with Crippen LogP contribution in [0.2, 0.25) is 0 Å². The molecular formula is C9H11BrO3. The first kappa shape index (κ1) is 10.3. The Kier molecular flexibility index (Phi) is 3.17. The van der Waals surface area contributed by atoms with E-state index in [1.807, 2.05) is 0 Å². The SMILES string of the molecule is COc1cc([C@H](C)O)c(Br)cc1O. The highest BCUT2D eigenvalue weighted by molar-refractivity contribution is 9.10. The molecule has 0 aliphatic rings. The molecule has 0 saturated heterocycles. The molecule has 72 valence electrons. The lowest BCUT2D eigenvalue weighted by molar-refractivity contribution is 0.198. The van der Waals surface area contributed by atoms with Gasteiger partial charge >= 0.3 is 0 Å². The normalized spacial score (nSPS) is 12.6. The van der Waals surface area contributed by atoms with Crippen molar-refractivity contribution in [1.29, 1.82) is 0 Å². The topological polar surface area (TPSA) is 49.7 Å². The van der Waals surface area contributed by atoms with Gasteiger partial charge in [0.15, 0.2) is 11.5 Å². The highest BCUT2D eigenvalue weighted by Gasteiger charge is 2.11. The number of aliphatic hydroxyl groups excluding tert-OH is 1. The molecule has 0 saturated carbocycles. The van der Waals surface area contributed by atoms with E-state index in [-0.39, 0.29) is 5.75 Å². The summed E-state index contributed by atoms with van der Waals surface area (Å²) in [6.45, 7) is 1.65. The van der Waals surface area contributed by atoms with Gasteiger partial charge in [0.25, 0.3) is 0 Å². The number of ether oxygens (including phenoxy) is 1. The van der Waals surface area contributed by atoms with Crippen molar-refractivity contribution in [3.63, 3.8) is 0 Å². The second-order valence-electron chi connectivity index (χ2n) is 2.72. The number of aromatic hydroxyl groups is 1. The summed E-state index contributed by atoms with van der Waals surface area (Å²) >= 11 is 3.24. The van der Waals surface area contributed by atoms with Gasteiger partial charge in [0.1, 0.15) is 0 Å². The summed E-state index contributed by atoms with van der Waals surface area (Å²) < 4.78 is 5.58. The summed E-state index contributed by atoms with van der Waals surface area (Å²) in [6, 6.07) is 3.10. The number of halogens is 1. The predicted molar refractivity (Wildman–Crippen MR) is 53.0 cm³/mol. The van der Waals surface area contributed by atoms with Gasteiger partial charge in [-0.3, -0.25) is 0 Å². The van der Waals surface area contributed by atoms with E-state index in [9.17, 15) is 10.2 Å². The van der Waals surface area contributed by atoms with Gasteiger partial charge in [-0.25, -0.2) is 0 Å². The lowest BCUT2D eigenvalue weighted by Crippen LogP contribution is -1.94. The monoisotopic (exact) mass is 246 g/mol. The molecule has 0 fully saturated rings. The fourth-order valence-electron chi connectivity index (χ4n) is 1.04. The van der Waals surface area contributed by atoms with E-state index in [2.05, 4.69) is 15.9 Å². The van der Waals surface area contributed by atoms with Gasteiger partial charge < -0.3 is 14.9 Å². The first-order valence-corrected chi connectivity index (χ1v) is 4.60. The molecule has 0 bridgehead atoms. The molecule has 1 atom stereocenters. The van der Waals surface area contributed by atoms with E-state index in [1.165, 1.54) is 13.2 Å². The molecule has 0 heterocycles. The van der Waals surface area contributed by atoms with Crippen molar-refractivity contribution in [3.05, 3.63) is 22.2 Å². The Labute approximate surface area is 85.1 Å². The molecule has 1 rings (SSSR count). The lowest BCUT2D eigenvalue weighted by atomic mass is 10.1. The van der Waals surface area contributed by atoms with Crippen LogP contribution in [0, 0.1) is 0 Å². The van der Waals surface area contributed by atoms with Gasteiger partial charge in [-0.05, 0) is 24.6 Å². The van der Waals surface area contributed by atoms with Crippen molar-refractivity contribution < 1.29 is 14.9 Å². The molecule has 0 spiro atoms. The van der Waals surface area contributed by atoms with Crippen LogP contribution in [0.15, 0.2) is 16.6 Å². The van der Waals surface area contributed by atoms with Crippen molar-refractivity contribution in [3.8, 4) is 11.5 Å². The fraction of sp³-hybridized carbons (Fsp3) is 0.333. The maximum atomic E-state index is 9.36. The molecule has 0 unspecified atom stereocenters. The Balaban J connectivity index is 3.22. The summed E-state index contributed by atoms with van der Waals surface area (Å²) in [7, 11) is 1.47. The van der Waals surface area contributed by atoms with E-state index in [0.29, 0.717) is 15.8 Å². The van der Waals surface area contributed by atoms with Gasteiger partial charge in [0.2, 0.25) is 0 Å². The minimum absolute atomic E-state index is 0.0544.